The molecule has 0 spiro atoms. The molecule has 1 aromatic rings. The minimum atomic E-state index is 0.564. The highest BCUT2D eigenvalue weighted by atomic mass is 15.2. The average molecular weight is 272 g/mol. The van der Waals surface area contributed by atoms with Crippen LogP contribution in [-0.4, -0.2) is 30.6 Å². The molecule has 2 unspecified atom stereocenters. The second kappa shape index (κ2) is 6.28. The molecule has 2 aliphatic rings. The molecule has 1 N–H and O–H groups in total. The Hall–Kier alpha value is -0.860. The largest absolute Gasteiger partial charge is 0.314 e. The summed E-state index contributed by atoms with van der Waals surface area (Å²) >= 11 is 0. The van der Waals surface area contributed by atoms with Crippen molar-refractivity contribution >= 4 is 0 Å². The molecule has 2 aliphatic heterocycles. The second-order valence-corrected chi connectivity index (χ2v) is 6.61. The van der Waals surface area contributed by atoms with E-state index < -0.39 is 0 Å². The first-order valence-electron chi connectivity index (χ1n) is 8.28. The fourth-order valence-corrected chi connectivity index (χ4v) is 4.08. The van der Waals surface area contributed by atoms with Crippen molar-refractivity contribution in [1.82, 2.24) is 10.2 Å². The van der Waals surface area contributed by atoms with Gasteiger partial charge in [0.25, 0.3) is 0 Å². The molecule has 2 saturated heterocycles. The van der Waals surface area contributed by atoms with Crippen molar-refractivity contribution in [3.05, 3.63) is 35.4 Å². The summed E-state index contributed by atoms with van der Waals surface area (Å²) in [7, 11) is 0. The minimum Gasteiger partial charge on any atom is -0.314 e. The number of hydrogen-bond donors (Lipinski definition) is 1. The summed E-state index contributed by atoms with van der Waals surface area (Å²) in [6, 6.07) is 10.2. The predicted molar refractivity (Wildman–Crippen MR) is 84.9 cm³/mol. The smallest absolute Gasteiger partial charge is 0.0322 e. The molecule has 0 aromatic heterocycles. The van der Waals surface area contributed by atoms with Gasteiger partial charge in [-0.25, -0.2) is 0 Å². The molecule has 0 radical (unpaired) electrons. The van der Waals surface area contributed by atoms with Crippen molar-refractivity contribution in [3.63, 3.8) is 0 Å². The third kappa shape index (κ3) is 2.91. The van der Waals surface area contributed by atoms with Crippen LogP contribution in [0.1, 0.15) is 49.8 Å². The Kier molecular flexibility index (Phi) is 4.42. The number of nitrogens with one attached hydrogen (secondary N) is 1. The third-order valence-corrected chi connectivity index (χ3v) is 5.43. The summed E-state index contributed by atoms with van der Waals surface area (Å²) in [6.45, 7) is 8.37. The normalized spacial score (nSPS) is 26.8. The maximum Gasteiger partial charge on any atom is 0.0322 e. The van der Waals surface area contributed by atoms with Gasteiger partial charge in [-0.1, -0.05) is 24.3 Å². The van der Waals surface area contributed by atoms with Gasteiger partial charge in [0.2, 0.25) is 0 Å². The van der Waals surface area contributed by atoms with Gasteiger partial charge in [-0.3, -0.25) is 4.90 Å². The fraction of sp³-hybridized carbons (Fsp3) is 0.667. The van der Waals surface area contributed by atoms with Gasteiger partial charge >= 0.3 is 0 Å². The van der Waals surface area contributed by atoms with Crippen molar-refractivity contribution in [2.75, 3.05) is 19.6 Å². The maximum atomic E-state index is 3.69. The monoisotopic (exact) mass is 272 g/mol. The SMILES string of the molecule is Cc1ccccc1C(C)N1CCC(C2CCCN2)CC1. The lowest BCUT2D eigenvalue weighted by molar-refractivity contribution is 0.126. The van der Waals surface area contributed by atoms with Gasteiger partial charge in [0.05, 0.1) is 0 Å². The summed E-state index contributed by atoms with van der Waals surface area (Å²) < 4.78 is 0. The minimum absolute atomic E-state index is 0.564. The predicted octanol–water partition coefficient (Wildman–Crippen LogP) is 3.52. The lowest BCUT2D eigenvalue weighted by Gasteiger charge is -2.38. The maximum absolute atomic E-state index is 3.69. The van der Waals surface area contributed by atoms with E-state index in [-0.39, 0.29) is 0 Å². The number of likely N-dealkylation sites (tertiary alicyclic amines) is 1. The molecule has 0 saturated carbocycles. The van der Waals surface area contributed by atoms with E-state index in [0.717, 1.165) is 12.0 Å². The van der Waals surface area contributed by atoms with E-state index in [9.17, 15) is 0 Å². The topological polar surface area (TPSA) is 15.3 Å². The van der Waals surface area contributed by atoms with E-state index in [1.54, 1.807) is 0 Å². The van der Waals surface area contributed by atoms with Crippen LogP contribution in [0, 0.1) is 12.8 Å². The number of hydrogen-bond acceptors (Lipinski definition) is 2. The molecule has 1 aromatic carbocycles. The zero-order valence-electron chi connectivity index (χ0n) is 12.9. The molecule has 2 heterocycles. The molecule has 2 nitrogen and oxygen atoms in total. The first-order valence-corrected chi connectivity index (χ1v) is 8.28. The van der Waals surface area contributed by atoms with E-state index >= 15 is 0 Å². The Morgan fingerprint density at radius 1 is 1.15 bits per heavy atom. The Morgan fingerprint density at radius 2 is 1.90 bits per heavy atom. The van der Waals surface area contributed by atoms with Gasteiger partial charge < -0.3 is 5.32 Å². The van der Waals surface area contributed by atoms with Gasteiger partial charge in [0.1, 0.15) is 0 Å². The fourth-order valence-electron chi connectivity index (χ4n) is 4.08. The number of piperidine rings is 1. The van der Waals surface area contributed by atoms with E-state index in [4.69, 9.17) is 0 Å². The summed E-state index contributed by atoms with van der Waals surface area (Å²) in [5.41, 5.74) is 2.93. The zero-order chi connectivity index (χ0) is 13.9. The van der Waals surface area contributed by atoms with Gasteiger partial charge in [0, 0.05) is 12.1 Å². The van der Waals surface area contributed by atoms with Gasteiger partial charge in [-0.2, -0.15) is 0 Å². The molecule has 3 rings (SSSR count). The molecule has 0 bridgehead atoms. The van der Waals surface area contributed by atoms with Crippen LogP contribution in [0.3, 0.4) is 0 Å². The van der Waals surface area contributed by atoms with E-state index in [2.05, 4.69) is 48.3 Å². The molecule has 110 valence electrons. The first-order chi connectivity index (χ1) is 9.75. The number of nitrogens with zero attached hydrogens (tertiary/aromatic N) is 1. The van der Waals surface area contributed by atoms with Gasteiger partial charge in [-0.05, 0) is 76.2 Å². The molecular weight excluding hydrogens is 244 g/mol. The van der Waals surface area contributed by atoms with Gasteiger partial charge in [-0.15, -0.1) is 0 Å². The molecule has 2 heteroatoms. The Balaban J connectivity index is 1.59. The third-order valence-electron chi connectivity index (χ3n) is 5.43. The molecule has 2 fully saturated rings. The van der Waals surface area contributed by atoms with Crippen LogP contribution in [-0.2, 0) is 0 Å². The van der Waals surface area contributed by atoms with Crippen molar-refractivity contribution < 1.29 is 0 Å². The highest BCUT2D eigenvalue weighted by molar-refractivity contribution is 5.28. The van der Waals surface area contributed by atoms with E-state index in [1.807, 2.05) is 0 Å². The van der Waals surface area contributed by atoms with Crippen LogP contribution in [0.4, 0.5) is 0 Å². The number of aryl methyl sites for hydroxylation is 1. The Labute approximate surface area is 123 Å². The van der Waals surface area contributed by atoms with Crippen LogP contribution in [0.25, 0.3) is 0 Å². The number of rotatable bonds is 3. The van der Waals surface area contributed by atoms with E-state index in [0.29, 0.717) is 6.04 Å². The highest BCUT2D eigenvalue weighted by Gasteiger charge is 2.30. The van der Waals surface area contributed by atoms with Crippen molar-refractivity contribution in [3.8, 4) is 0 Å². The van der Waals surface area contributed by atoms with Crippen molar-refractivity contribution in [2.24, 2.45) is 5.92 Å². The summed E-state index contributed by atoms with van der Waals surface area (Å²) in [5, 5.41) is 3.69. The van der Waals surface area contributed by atoms with Crippen LogP contribution < -0.4 is 5.32 Å². The molecule has 0 amide bonds. The Morgan fingerprint density at radius 3 is 2.55 bits per heavy atom. The summed E-state index contributed by atoms with van der Waals surface area (Å²) in [6.07, 6.45) is 5.52. The summed E-state index contributed by atoms with van der Waals surface area (Å²) in [5.74, 6) is 0.915. The van der Waals surface area contributed by atoms with E-state index in [1.165, 1.54) is 56.4 Å². The molecule has 0 aliphatic carbocycles. The molecular formula is C18H28N2. The summed E-state index contributed by atoms with van der Waals surface area (Å²) in [4.78, 5) is 2.67. The molecule has 20 heavy (non-hydrogen) atoms. The Bertz CT molecular complexity index is 429. The van der Waals surface area contributed by atoms with Crippen molar-refractivity contribution in [1.29, 1.82) is 0 Å². The van der Waals surface area contributed by atoms with Crippen LogP contribution in [0.5, 0.6) is 0 Å². The highest BCUT2D eigenvalue weighted by Crippen LogP contribution is 2.31. The first kappa shape index (κ1) is 14.1. The van der Waals surface area contributed by atoms with Crippen LogP contribution in [0.15, 0.2) is 24.3 Å². The second-order valence-electron chi connectivity index (χ2n) is 6.61. The quantitative estimate of drug-likeness (QED) is 0.905. The lowest BCUT2D eigenvalue weighted by atomic mass is 9.87. The average Bonchev–Trinajstić information content (AvgIpc) is 3.01. The van der Waals surface area contributed by atoms with Crippen molar-refractivity contribution in [2.45, 2.75) is 51.6 Å². The van der Waals surface area contributed by atoms with Gasteiger partial charge in [0.15, 0.2) is 0 Å². The molecule has 2 atom stereocenters. The lowest BCUT2D eigenvalue weighted by Crippen LogP contribution is -2.41. The number of benzene rings is 1. The zero-order valence-corrected chi connectivity index (χ0v) is 12.9. The standard InChI is InChI=1S/C18H28N2/c1-14-6-3-4-7-17(14)15(2)20-12-9-16(10-13-20)18-8-5-11-19-18/h3-4,6-7,15-16,18-19H,5,8-13H2,1-2H3. The van der Waals surface area contributed by atoms with Crippen LogP contribution in [0.2, 0.25) is 0 Å². The van der Waals surface area contributed by atoms with Crippen LogP contribution >= 0.6 is 0 Å².